The number of halogens is 1. The van der Waals surface area contributed by atoms with Gasteiger partial charge in [-0.25, -0.2) is 17.5 Å². The first kappa shape index (κ1) is 20.0. The van der Waals surface area contributed by atoms with E-state index < -0.39 is 21.7 Å². The Kier molecular flexibility index (Phi) is 5.66. The molecule has 1 amide bonds. The SMILES string of the molecule is O=C(NCCS(=O)(=O)N1CCOCC1)c1nn(-c2ccccc2F)c2c1CCC2. The van der Waals surface area contributed by atoms with Gasteiger partial charge in [-0.15, -0.1) is 0 Å². The van der Waals surface area contributed by atoms with Crippen molar-refractivity contribution in [3.05, 3.63) is 47.0 Å². The smallest absolute Gasteiger partial charge is 0.272 e. The summed E-state index contributed by atoms with van der Waals surface area (Å²) in [5.74, 6) is -1.03. The van der Waals surface area contributed by atoms with Crippen LogP contribution in [0.25, 0.3) is 5.69 Å². The molecule has 29 heavy (non-hydrogen) atoms. The van der Waals surface area contributed by atoms with Crippen molar-refractivity contribution in [3.8, 4) is 5.69 Å². The van der Waals surface area contributed by atoms with Crippen LogP contribution < -0.4 is 5.32 Å². The summed E-state index contributed by atoms with van der Waals surface area (Å²) in [5.41, 5.74) is 2.19. The highest BCUT2D eigenvalue weighted by Crippen LogP contribution is 2.28. The van der Waals surface area contributed by atoms with Crippen molar-refractivity contribution in [2.24, 2.45) is 0 Å². The van der Waals surface area contributed by atoms with Gasteiger partial charge in [-0.2, -0.15) is 9.40 Å². The molecule has 0 saturated carbocycles. The highest BCUT2D eigenvalue weighted by molar-refractivity contribution is 7.89. The van der Waals surface area contributed by atoms with Crippen molar-refractivity contribution in [1.29, 1.82) is 0 Å². The number of hydrogen-bond donors (Lipinski definition) is 1. The zero-order chi connectivity index (χ0) is 20.4. The minimum absolute atomic E-state index is 0.0140. The molecule has 10 heteroatoms. The Balaban J connectivity index is 1.47. The van der Waals surface area contributed by atoms with Gasteiger partial charge in [-0.05, 0) is 31.4 Å². The van der Waals surface area contributed by atoms with Gasteiger partial charge >= 0.3 is 0 Å². The summed E-state index contributed by atoms with van der Waals surface area (Å²) >= 11 is 0. The Morgan fingerprint density at radius 2 is 1.97 bits per heavy atom. The van der Waals surface area contributed by atoms with Gasteiger partial charge in [-0.1, -0.05) is 12.1 Å². The fraction of sp³-hybridized carbons (Fsp3) is 0.474. The van der Waals surface area contributed by atoms with E-state index in [1.807, 2.05) is 0 Å². The predicted octanol–water partition coefficient (Wildman–Crippen LogP) is 0.892. The predicted molar refractivity (Wildman–Crippen MR) is 104 cm³/mol. The van der Waals surface area contributed by atoms with Gasteiger partial charge in [0.05, 0.1) is 19.0 Å². The molecule has 2 aromatic rings. The second kappa shape index (κ2) is 8.21. The fourth-order valence-electron chi connectivity index (χ4n) is 3.77. The Morgan fingerprint density at radius 1 is 1.21 bits per heavy atom. The number of para-hydroxylation sites is 1. The topological polar surface area (TPSA) is 93.5 Å². The summed E-state index contributed by atoms with van der Waals surface area (Å²) in [7, 11) is -3.45. The lowest BCUT2D eigenvalue weighted by Gasteiger charge is -2.26. The molecule has 1 aliphatic heterocycles. The molecule has 0 atom stereocenters. The minimum Gasteiger partial charge on any atom is -0.379 e. The number of nitrogens with zero attached hydrogens (tertiary/aromatic N) is 3. The van der Waals surface area contributed by atoms with E-state index >= 15 is 0 Å². The van der Waals surface area contributed by atoms with Gasteiger partial charge in [-0.3, -0.25) is 4.79 Å². The summed E-state index contributed by atoms with van der Waals surface area (Å²) < 4.78 is 47.0. The fourth-order valence-corrected chi connectivity index (χ4v) is 5.10. The maximum atomic E-state index is 14.2. The van der Waals surface area contributed by atoms with E-state index in [1.54, 1.807) is 18.2 Å². The number of aromatic nitrogens is 2. The number of amides is 1. The van der Waals surface area contributed by atoms with Gasteiger partial charge in [0.2, 0.25) is 10.0 Å². The first-order valence-corrected chi connectivity index (χ1v) is 11.3. The van der Waals surface area contributed by atoms with Crippen LogP contribution in [0.2, 0.25) is 0 Å². The Labute approximate surface area is 168 Å². The number of ether oxygens (including phenoxy) is 1. The van der Waals surface area contributed by atoms with Gasteiger partial charge < -0.3 is 10.1 Å². The largest absolute Gasteiger partial charge is 0.379 e. The van der Waals surface area contributed by atoms with Gasteiger partial charge in [0.1, 0.15) is 11.5 Å². The Bertz CT molecular complexity index is 1020. The van der Waals surface area contributed by atoms with E-state index in [0.29, 0.717) is 38.4 Å². The van der Waals surface area contributed by atoms with E-state index in [-0.39, 0.29) is 18.0 Å². The van der Waals surface area contributed by atoms with E-state index in [2.05, 4.69) is 10.4 Å². The molecule has 4 rings (SSSR count). The summed E-state index contributed by atoms with van der Waals surface area (Å²) in [6.07, 6.45) is 2.28. The van der Waals surface area contributed by atoms with Crippen LogP contribution in [0.1, 0.15) is 28.2 Å². The molecule has 0 radical (unpaired) electrons. The highest BCUT2D eigenvalue weighted by Gasteiger charge is 2.28. The number of hydrogen-bond acceptors (Lipinski definition) is 5. The normalized spacial score (nSPS) is 17.3. The number of carbonyl (C=O) groups excluding carboxylic acids is 1. The second-order valence-corrected chi connectivity index (χ2v) is 9.16. The number of nitrogens with one attached hydrogen (secondary N) is 1. The molecule has 2 heterocycles. The second-order valence-electron chi connectivity index (χ2n) is 7.07. The Hall–Kier alpha value is -2.30. The average molecular weight is 422 g/mol. The standard InChI is InChI=1S/C19H23FN4O4S/c20-15-5-1-2-6-17(15)24-16-7-3-4-14(16)18(22-24)19(25)21-8-13-29(26,27)23-9-11-28-12-10-23/h1-2,5-6H,3-4,7-13H2,(H,21,25). The highest BCUT2D eigenvalue weighted by atomic mass is 32.2. The molecular formula is C19H23FN4O4S. The molecule has 1 aromatic carbocycles. The number of fused-ring (bicyclic) bond motifs is 1. The summed E-state index contributed by atoms with van der Waals surface area (Å²) in [4.78, 5) is 12.7. The Morgan fingerprint density at radius 3 is 2.72 bits per heavy atom. The molecule has 1 fully saturated rings. The summed E-state index contributed by atoms with van der Waals surface area (Å²) in [6, 6.07) is 6.30. The van der Waals surface area contributed by atoms with Crippen molar-refractivity contribution in [2.45, 2.75) is 19.3 Å². The van der Waals surface area contributed by atoms with E-state index in [4.69, 9.17) is 4.74 Å². The molecule has 2 aliphatic rings. The van der Waals surface area contributed by atoms with Crippen LogP contribution in [-0.4, -0.2) is 67.0 Å². The lowest BCUT2D eigenvalue weighted by atomic mass is 10.2. The number of carbonyl (C=O) groups is 1. The maximum absolute atomic E-state index is 14.2. The van der Waals surface area contributed by atoms with Gasteiger partial charge in [0, 0.05) is 30.9 Å². The third-order valence-electron chi connectivity index (χ3n) is 5.23. The average Bonchev–Trinajstić information content (AvgIpc) is 3.32. The molecule has 1 aliphatic carbocycles. The lowest BCUT2D eigenvalue weighted by Crippen LogP contribution is -2.43. The summed E-state index contributed by atoms with van der Waals surface area (Å²) in [5, 5.41) is 7.01. The van der Waals surface area contributed by atoms with Crippen LogP contribution in [0.5, 0.6) is 0 Å². The van der Waals surface area contributed by atoms with Gasteiger partial charge in [0.15, 0.2) is 5.69 Å². The first-order valence-electron chi connectivity index (χ1n) is 9.67. The van der Waals surface area contributed by atoms with Crippen molar-refractivity contribution in [1.82, 2.24) is 19.4 Å². The molecule has 0 unspecified atom stereocenters. The van der Waals surface area contributed by atoms with Crippen molar-refractivity contribution >= 4 is 15.9 Å². The van der Waals surface area contributed by atoms with Crippen LogP contribution in [0, 0.1) is 5.82 Å². The molecule has 0 bridgehead atoms. The van der Waals surface area contributed by atoms with Crippen LogP contribution >= 0.6 is 0 Å². The van der Waals surface area contributed by atoms with Crippen LogP contribution in [0.4, 0.5) is 4.39 Å². The monoisotopic (exact) mass is 422 g/mol. The van der Waals surface area contributed by atoms with Crippen LogP contribution in [-0.2, 0) is 27.6 Å². The number of rotatable bonds is 6. The minimum atomic E-state index is -3.45. The quantitative estimate of drug-likeness (QED) is 0.746. The number of morpholine rings is 1. The molecule has 8 nitrogen and oxygen atoms in total. The van der Waals surface area contributed by atoms with Crippen LogP contribution in [0.3, 0.4) is 0 Å². The molecule has 1 N–H and O–H groups in total. The van der Waals surface area contributed by atoms with Crippen LogP contribution in [0.15, 0.2) is 24.3 Å². The molecule has 1 aromatic heterocycles. The van der Waals surface area contributed by atoms with E-state index in [9.17, 15) is 17.6 Å². The maximum Gasteiger partial charge on any atom is 0.272 e. The summed E-state index contributed by atoms with van der Waals surface area (Å²) in [6.45, 7) is 1.41. The van der Waals surface area contributed by atoms with Crippen molar-refractivity contribution in [3.63, 3.8) is 0 Å². The van der Waals surface area contributed by atoms with E-state index in [1.165, 1.54) is 15.1 Å². The third kappa shape index (κ3) is 4.05. The van der Waals surface area contributed by atoms with Gasteiger partial charge in [0.25, 0.3) is 5.91 Å². The molecule has 0 spiro atoms. The first-order chi connectivity index (χ1) is 14.0. The zero-order valence-electron chi connectivity index (χ0n) is 15.9. The number of sulfonamides is 1. The zero-order valence-corrected chi connectivity index (χ0v) is 16.8. The molecular weight excluding hydrogens is 399 g/mol. The van der Waals surface area contributed by atoms with E-state index in [0.717, 1.165) is 24.1 Å². The molecule has 1 saturated heterocycles. The third-order valence-corrected chi connectivity index (χ3v) is 7.11. The lowest BCUT2D eigenvalue weighted by molar-refractivity contribution is 0.0730. The van der Waals surface area contributed by atoms with Crippen molar-refractivity contribution < 1.29 is 22.3 Å². The molecule has 156 valence electrons. The number of benzene rings is 1. The van der Waals surface area contributed by atoms with Crippen molar-refractivity contribution in [2.75, 3.05) is 38.6 Å².